The predicted molar refractivity (Wildman–Crippen MR) is 116 cm³/mol. The van der Waals surface area contributed by atoms with E-state index in [2.05, 4.69) is 40.5 Å². The second kappa shape index (κ2) is 7.95. The van der Waals surface area contributed by atoms with Crippen LogP contribution in [0.4, 0.5) is 5.69 Å². The molecule has 2 aromatic heterocycles. The molecule has 0 fully saturated rings. The molecule has 27 heavy (non-hydrogen) atoms. The molecule has 0 saturated carbocycles. The molecule has 0 aliphatic carbocycles. The quantitative estimate of drug-likeness (QED) is 0.365. The van der Waals surface area contributed by atoms with Gasteiger partial charge in [0.1, 0.15) is 0 Å². The van der Waals surface area contributed by atoms with Gasteiger partial charge in [0.15, 0.2) is 0 Å². The number of aliphatic imine (C=N–C) groups is 1. The molecular weight excluding hydrogens is 377 g/mol. The number of benzene rings is 2. The van der Waals surface area contributed by atoms with Gasteiger partial charge < -0.3 is 4.57 Å². The summed E-state index contributed by atoms with van der Waals surface area (Å²) in [6.45, 7) is 4.20. The maximum Gasteiger partial charge on any atom is 0.0703 e. The minimum Gasteiger partial charge on any atom is -0.318 e. The van der Waals surface area contributed by atoms with Crippen LogP contribution in [-0.4, -0.2) is 15.8 Å². The van der Waals surface area contributed by atoms with Crippen LogP contribution in [0.2, 0.25) is 5.02 Å². The number of hydrogen-bond donors (Lipinski definition) is 0. The zero-order chi connectivity index (χ0) is 18.1. The molecule has 0 saturated heterocycles. The number of aromatic nitrogens is 2. The van der Waals surface area contributed by atoms with Gasteiger partial charge in [-0.3, -0.25) is 9.98 Å². The van der Waals surface area contributed by atoms with E-state index in [1.54, 1.807) is 6.20 Å². The van der Waals surface area contributed by atoms with E-state index in [0.29, 0.717) is 0 Å². The molecule has 0 aliphatic heterocycles. The van der Waals surface area contributed by atoms with Crippen molar-refractivity contribution in [3.8, 4) is 5.69 Å². The van der Waals surface area contributed by atoms with Gasteiger partial charge in [-0.15, -0.1) is 12.4 Å². The molecule has 5 heteroatoms. The highest BCUT2D eigenvalue weighted by molar-refractivity contribution is 6.30. The summed E-state index contributed by atoms with van der Waals surface area (Å²) in [6.07, 6.45) is 3.73. The number of aryl methyl sites for hydroxylation is 1. The van der Waals surface area contributed by atoms with Gasteiger partial charge in [0.25, 0.3) is 0 Å². The number of nitrogens with zero attached hydrogens (tertiary/aromatic N) is 3. The van der Waals surface area contributed by atoms with Crippen molar-refractivity contribution >= 4 is 46.8 Å². The average molecular weight is 396 g/mol. The Morgan fingerprint density at radius 3 is 2.56 bits per heavy atom. The van der Waals surface area contributed by atoms with Crippen LogP contribution >= 0.6 is 24.0 Å². The first-order valence-corrected chi connectivity index (χ1v) is 8.83. The molecule has 2 heterocycles. The molecule has 4 rings (SSSR count). The van der Waals surface area contributed by atoms with E-state index >= 15 is 0 Å². The summed E-state index contributed by atoms with van der Waals surface area (Å²) in [5.74, 6) is 0. The van der Waals surface area contributed by atoms with Crippen molar-refractivity contribution < 1.29 is 0 Å². The molecular formula is C22H19Cl2N3. The van der Waals surface area contributed by atoms with Gasteiger partial charge in [0.2, 0.25) is 0 Å². The van der Waals surface area contributed by atoms with E-state index in [4.69, 9.17) is 11.6 Å². The molecule has 0 amide bonds. The molecule has 4 aromatic rings. The fourth-order valence-corrected chi connectivity index (χ4v) is 3.32. The lowest BCUT2D eigenvalue weighted by Crippen LogP contribution is -1.99. The third-order valence-corrected chi connectivity index (χ3v) is 4.75. The lowest BCUT2D eigenvalue weighted by atomic mass is 10.2. The first-order chi connectivity index (χ1) is 12.6. The Morgan fingerprint density at radius 1 is 1.00 bits per heavy atom. The second-order valence-electron chi connectivity index (χ2n) is 6.28. The number of halogens is 2. The van der Waals surface area contributed by atoms with E-state index in [1.807, 2.05) is 54.7 Å². The highest BCUT2D eigenvalue weighted by atomic mass is 35.5. The Labute approximate surface area is 169 Å². The number of fused-ring (bicyclic) bond motifs is 1. The Bertz CT molecular complexity index is 1110. The third kappa shape index (κ3) is 3.90. The monoisotopic (exact) mass is 395 g/mol. The molecule has 3 nitrogen and oxygen atoms in total. The van der Waals surface area contributed by atoms with Gasteiger partial charge >= 0.3 is 0 Å². The SMILES string of the molecule is Cc1cc(C=Nc2ccc3ncccc3c2)c(C)n1-c1ccc(Cl)cc1.Cl. The molecule has 0 bridgehead atoms. The smallest absolute Gasteiger partial charge is 0.0703 e. The Balaban J connectivity index is 0.00000210. The van der Waals surface area contributed by atoms with Crippen LogP contribution in [0.15, 0.2) is 71.9 Å². The summed E-state index contributed by atoms with van der Waals surface area (Å²) >= 11 is 6.01. The van der Waals surface area contributed by atoms with Crippen LogP contribution in [0, 0.1) is 13.8 Å². The first-order valence-electron chi connectivity index (χ1n) is 8.45. The predicted octanol–water partition coefficient (Wildman–Crippen LogP) is 6.47. The Kier molecular flexibility index (Phi) is 5.64. The second-order valence-corrected chi connectivity index (χ2v) is 6.71. The molecule has 0 unspecified atom stereocenters. The number of pyridine rings is 1. The minimum atomic E-state index is 0. The van der Waals surface area contributed by atoms with E-state index in [1.165, 1.54) is 0 Å². The summed E-state index contributed by atoms with van der Waals surface area (Å²) in [5, 5.41) is 1.83. The summed E-state index contributed by atoms with van der Waals surface area (Å²) in [5.41, 5.74) is 6.41. The minimum absolute atomic E-state index is 0. The molecule has 0 aliphatic rings. The standard InChI is InChI=1S/C22H18ClN3.ClH/c1-15-12-18(16(2)26(15)21-8-5-19(23)6-9-21)14-25-20-7-10-22-17(13-20)4-3-11-24-22;/h3-14H,1-2H3;1H. The van der Waals surface area contributed by atoms with Crippen molar-refractivity contribution in [3.05, 3.63) is 88.8 Å². The van der Waals surface area contributed by atoms with Gasteiger partial charge in [-0.25, -0.2) is 0 Å². The molecule has 136 valence electrons. The highest BCUT2D eigenvalue weighted by Gasteiger charge is 2.09. The maximum absolute atomic E-state index is 6.01. The molecule has 0 radical (unpaired) electrons. The van der Waals surface area contributed by atoms with E-state index < -0.39 is 0 Å². The average Bonchev–Trinajstić information content (AvgIpc) is 2.94. The Hall–Kier alpha value is -2.62. The van der Waals surface area contributed by atoms with Crippen LogP contribution in [-0.2, 0) is 0 Å². The van der Waals surface area contributed by atoms with E-state index in [0.717, 1.165) is 44.3 Å². The number of rotatable bonds is 3. The van der Waals surface area contributed by atoms with E-state index in [9.17, 15) is 0 Å². The van der Waals surface area contributed by atoms with Crippen LogP contribution in [0.1, 0.15) is 17.0 Å². The molecule has 0 N–H and O–H groups in total. The summed E-state index contributed by atoms with van der Waals surface area (Å²) in [6, 6.07) is 20.1. The van der Waals surface area contributed by atoms with Gasteiger partial charge in [0, 0.05) is 45.5 Å². The zero-order valence-electron chi connectivity index (χ0n) is 15.1. The highest BCUT2D eigenvalue weighted by Crippen LogP contribution is 2.23. The van der Waals surface area contributed by atoms with Crippen molar-refractivity contribution in [1.82, 2.24) is 9.55 Å². The molecule has 0 atom stereocenters. The van der Waals surface area contributed by atoms with Crippen molar-refractivity contribution in [1.29, 1.82) is 0 Å². The van der Waals surface area contributed by atoms with Gasteiger partial charge in [-0.2, -0.15) is 0 Å². The fraction of sp³-hybridized carbons (Fsp3) is 0.0909. The fourth-order valence-electron chi connectivity index (χ4n) is 3.19. The van der Waals surface area contributed by atoms with Gasteiger partial charge in [0.05, 0.1) is 11.2 Å². The van der Waals surface area contributed by atoms with Crippen LogP contribution in [0.25, 0.3) is 16.6 Å². The zero-order valence-corrected chi connectivity index (χ0v) is 16.6. The van der Waals surface area contributed by atoms with Crippen molar-refractivity contribution in [3.63, 3.8) is 0 Å². The van der Waals surface area contributed by atoms with Gasteiger partial charge in [-0.1, -0.05) is 17.7 Å². The molecule has 0 spiro atoms. The Morgan fingerprint density at radius 2 is 1.78 bits per heavy atom. The van der Waals surface area contributed by atoms with Crippen LogP contribution in [0.3, 0.4) is 0 Å². The molecule has 2 aromatic carbocycles. The maximum atomic E-state index is 6.01. The van der Waals surface area contributed by atoms with Gasteiger partial charge in [-0.05, 0) is 68.4 Å². The largest absolute Gasteiger partial charge is 0.318 e. The van der Waals surface area contributed by atoms with Crippen molar-refractivity contribution in [2.75, 3.05) is 0 Å². The number of hydrogen-bond acceptors (Lipinski definition) is 2. The first kappa shape index (κ1) is 19.2. The topological polar surface area (TPSA) is 30.2 Å². The summed E-state index contributed by atoms with van der Waals surface area (Å²) in [4.78, 5) is 9.01. The lowest BCUT2D eigenvalue weighted by molar-refractivity contribution is 0.965. The van der Waals surface area contributed by atoms with Crippen molar-refractivity contribution in [2.24, 2.45) is 4.99 Å². The summed E-state index contributed by atoms with van der Waals surface area (Å²) < 4.78 is 2.21. The lowest BCUT2D eigenvalue weighted by Gasteiger charge is -2.09. The summed E-state index contributed by atoms with van der Waals surface area (Å²) in [7, 11) is 0. The van der Waals surface area contributed by atoms with E-state index in [-0.39, 0.29) is 12.4 Å². The van der Waals surface area contributed by atoms with Crippen LogP contribution < -0.4 is 0 Å². The third-order valence-electron chi connectivity index (χ3n) is 4.49. The van der Waals surface area contributed by atoms with Crippen molar-refractivity contribution in [2.45, 2.75) is 13.8 Å². The normalized spacial score (nSPS) is 11.1. The van der Waals surface area contributed by atoms with Crippen LogP contribution in [0.5, 0.6) is 0 Å².